The normalized spacial score (nSPS) is 21.1. The molecule has 6 nitrogen and oxygen atoms in total. The third-order valence-electron chi connectivity index (χ3n) is 3.55. The molecule has 6 heteroatoms. The Labute approximate surface area is 124 Å². The first-order chi connectivity index (χ1) is 10.2. The van der Waals surface area contributed by atoms with Crippen LogP contribution in [-0.4, -0.2) is 45.9 Å². The van der Waals surface area contributed by atoms with Crippen LogP contribution in [0.3, 0.4) is 0 Å². The van der Waals surface area contributed by atoms with Crippen molar-refractivity contribution in [2.75, 3.05) is 39.3 Å². The number of likely N-dealkylation sites (N-methyl/N-ethyl adjacent to an activating group) is 1. The van der Waals surface area contributed by atoms with Crippen molar-refractivity contribution in [3.8, 4) is 11.5 Å². The molecule has 2 N–H and O–H groups in total. The summed E-state index contributed by atoms with van der Waals surface area (Å²) in [5, 5.41) is 6.17. The van der Waals surface area contributed by atoms with Gasteiger partial charge in [-0.15, -0.1) is 0 Å². The Morgan fingerprint density at radius 2 is 2.14 bits per heavy atom. The summed E-state index contributed by atoms with van der Waals surface area (Å²) in [5.74, 6) is 0.986. The molecule has 2 rings (SSSR count). The monoisotopic (exact) mass is 294 g/mol. The third kappa shape index (κ3) is 3.65. The van der Waals surface area contributed by atoms with Gasteiger partial charge >= 0.3 is 0 Å². The highest BCUT2D eigenvalue weighted by molar-refractivity contribution is 5.94. The quantitative estimate of drug-likeness (QED) is 0.827. The molecule has 0 bridgehead atoms. The van der Waals surface area contributed by atoms with Crippen LogP contribution in [-0.2, 0) is 9.53 Å². The van der Waals surface area contributed by atoms with Gasteiger partial charge in [-0.2, -0.15) is 0 Å². The number of ether oxygens (including phenoxy) is 3. The van der Waals surface area contributed by atoms with Crippen molar-refractivity contribution in [3.05, 3.63) is 18.2 Å². The average Bonchev–Trinajstić information content (AvgIpc) is 2.96. The lowest BCUT2D eigenvalue weighted by Crippen LogP contribution is -2.41. The van der Waals surface area contributed by atoms with Gasteiger partial charge < -0.3 is 24.8 Å². The van der Waals surface area contributed by atoms with Gasteiger partial charge in [0.25, 0.3) is 0 Å². The second-order valence-corrected chi connectivity index (χ2v) is 4.86. The van der Waals surface area contributed by atoms with E-state index in [2.05, 4.69) is 10.6 Å². The van der Waals surface area contributed by atoms with Crippen molar-refractivity contribution in [2.24, 2.45) is 5.92 Å². The number of hydrogen-bond donors (Lipinski definition) is 2. The molecule has 116 valence electrons. The van der Waals surface area contributed by atoms with Crippen molar-refractivity contribution in [1.29, 1.82) is 0 Å². The highest BCUT2D eigenvalue weighted by atomic mass is 16.5. The number of methoxy groups -OCH3 is 2. The Bertz CT molecular complexity index is 493. The topological polar surface area (TPSA) is 68.8 Å². The van der Waals surface area contributed by atoms with Crippen molar-refractivity contribution >= 4 is 11.6 Å². The number of carbonyl (C=O) groups is 1. The Morgan fingerprint density at radius 1 is 1.33 bits per heavy atom. The number of anilines is 1. The number of hydrogen-bond acceptors (Lipinski definition) is 5. The summed E-state index contributed by atoms with van der Waals surface area (Å²) >= 11 is 0. The van der Waals surface area contributed by atoms with Crippen LogP contribution in [0.1, 0.15) is 6.92 Å². The minimum absolute atomic E-state index is 0.0549. The lowest BCUT2D eigenvalue weighted by atomic mass is 10.0. The van der Waals surface area contributed by atoms with E-state index in [1.54, 1.807) is 32.4 Å². The fraction of sp³-hybridized carbons (Fsp3) is 0.533. The number of benzene rings is 1. The molecule has 0 saturated carbocycles. The van der Waals surface area contributed by atoms with E-state index in [4.69, 9.17) is 14.2 Å². The van der Waals surface area contributed by atoms with Gasteiger partial charge in [-0.05, 0) is 18.7 Å². The maximum Gasteiger partial charge on any atom is 0.231 e. The van der Waals surface area contributed by atoms with Crippen molar-refractivity contribution in [2.45, 2.75) is 13.0 Å². The van der Waals surface area contributed by atoms with Gasteiger partial charge in [0.05, 0.1) is 39.0 Å². The lowest BCUT2D eigenvalue weighted by molar-refractivity contribution is -0.120. The second kappa shape index (κ2) is 7.28. The number of carbonyl (C=O) groups excluding carboxylic acids is 1. The fourth-order valence-corrected chi connectivity index (χ4v) is 2.40. The SMILES string of the molecule is CCNC1COCC1C(=O)Nc1ccc(OC)cc1OC. The Balaban J connectivity index is 2.08. The van der Waals surface area contributed by atoms with E-state index in [9.17, 15) is 4.79 Å². The molecule has 0 radical (unpaired) electrons. The predicted molar refractivity (Wildman–Crippen MR) is 79.9 cm³/mol. The van der Waals surface area contributed by atoms with E-state index in [0.29, 0.717) is 30.4 Å². The summed E-state index contributed by atoms with van der Waals surface area (Å²) in [6.45, 7) is 3.82. The van der Waals surface area contributed by atoms with Crippen LogP contribution >= 0.6 is 0 Å². The Hall–Kier alpha value is -1.79. The molecule has 0 aromatic heterocycles. The van der Waals surface area contributed by atoms with Gasteiger partial charge in [0, 0.05) is 12.1 Å². The zero-order valence-corrected chi connectivity index (χ0v) is 12.6. The molecule has 1 aromatic rings. The zero-order chi connectivity index (χ0) is 15.2. The van der Waals surface area contributed by atoms with Crippen LogP contribution in [0, 0.1) is 5.92 Å². The predicted octanol–water partition coefficient (Wildman–Crippen LogP) is 1.27. The van der Waals surface area contributed by atoms with Crippen LogP contribution in [0.2, 0.25) is 0 Å². The maximum absolute atomic E-state index is 12.4. The van der Waals surface area contributed by atoms with Crippen molar-refractivity contribution in [1.82, 2.24) is 5.32 Å². The first kappa shape index (κ1) is 15.6. The van der Waals surface area contributed by atoms with E-state index >= 15 is 0 Å². The molecular weight excluding hydrogens is 272 g/mol. The summed E-state index contributed by atoms with van der Waals surface area (Å²) < 4.78 is 15.8. The van der Waals surface area contributed by atoms with Crippen molar-refractivity contribution in [3.63, 3.8) is 0 Å². The highest BCUT2D eigenvalue weighted by Gasteiger charge is 2.33. The van der Waals surface area contributed by atoms with Crippen LogP contribution < -0.4 is 20.1 Å². The smallest absolute Gasteiger partial charge is 0.231 e. The minimum Gasteiger partial charge on any atom is -0.497 e. The van der Waals surface area contributed by atoms with Gasteiger partial charge in [-0.25, -0.2) is 0 Å². The van der Waals surface area contributed by atoms with Crippen LogP contribution in [0.5, 0.6) is 11.5 Å². The molecule has 2 atom stereocenters. The second-order valence-electron chi connectivity index (χ2n) is 4.86. The van der Waals surface area contributed by atoms with Gasteiger partial charge in [0.2, 0.25) is 5.91 Å². The minimum atomic E-state index is -0.197. The summed E-state index contributed by atoms with van der Waals surface area (Å²) in [6, 6.07) is 5.35. The van der Waals surface area contributed by atoms with Crippen molar-refractivity contribution < 1.29 is 19.0 Å². The van der Waals surface area contributed by atoms with E-state index in [0.717, 1.165) is 6.54 Å². The largest absolute Gasteiger partial charge is 0.497 e. The molecular formula is C15H22N2O4. The molecule has 0 spiro atoms. The molecule has 1 amide bonds. The molecule has 1 aliphatic heterocycles. The van der Waals surface area contributed by atoms with Gasteiger partial charge in [-0.1, -0.05) is 6.92 Å². The maximum atomic E-state index is 12.4. The van der Waals surface area contributed by atoms with Crippen LogP contribution in [0.15, 0.2) is 18.2 Å². The fourth-order valence-electron chi connectivity index (χ4n) is 2.40. The molecule has 2 unspecified atom stereocenters. The summed E-state index contributed by atoms with van der Waals surface area (Å²) in [5.41, 5.74) is 0.630. The summed E-state index contributed by atoms with van der Waals surface area (Å²) in [4.78, 5) is 12.4. The molecule has 1 heterocycles. The van der Waals surface area contributed by atoms with Gasteiger partial charge in [0.1, 0.15) is 11.5 Å². The Kier molecular flexibility index (Phi) is 5.41. The molecule has 1 fully saturated rings. The van der Waals surface area contributed by atoms with E-state index in [1.165, 1.54) is 0 Å². The van der Waals surface area contributed by atoms with Gasteiger partial charge in [0.15, 0.2) is 0 Å². The lowest BCUT2D eigenvalue weighted by Gasteiger charge is -2.19. The zero-order valence-electron chi connectivity index (χ0n) is 12.6. The molecule has 1 aromatic carbocycles. The van der Waals surface area contributed by atoms with Crippen LogP contribution in [0.4, 0.5) is 5.69 Å². The molecule has 1 saturated heterocycles. The first-order valence-electron chi connectivity index (χ1n) is 7.03. The third-order valence-corrected chi connectivity index (χ3v) is 3.55. The Morgan fingerprint density at radius 3 is 2.81 bits per heavy atom. The highest BCUT2D eigenvalue weighted by Crippen LogP contribution is 2.29. The number of nitrogens with one attached hydrogen (secondary N) is 2. The van der Waals surface area contributed by atoms with E-state index in [1.807, 2.05) is 6.92 Å². The van der Waals surface area contributed by atoms with E-state index < -0.39 is 0 Å². The van der Waals surface area contributed by atoms with Gasteiger partial charge in [-0.3, -0.25) is 4.79 Å². The average molecular weight is 294 g/mol. The molecule has 1 aliphatic rings. The summed E-state index contributed by atoms with van der Waals surface area (Å²) in [7, 11) is 3.15. The van der Waals surface area contributed by atoms with E-state index in [-0.39, 0.29) is 17.9 Å². The standard InChI is InChI=1S/C15H22N2O4/c1-4-16-13-9-21-8-11(13)15(18)17-12-6-5-10(19-2)7-14(12)20-3/h5-7,11,13,16H,4,8-9H2,1-3H3,(H,17,18). The first-order valence-corrected chi connectivity index (χ1v) is 7.03. The summed E-state index contributed by atoms with van der Waals surface area (Å²) in [6.07, 6.45) is 0. The number of amides is 1. The molecule has 21 heavy (non-hydrogen) atoms. The van der Waals surface area contributed by atoms with Crippen LogP contribution in [0.25, 0.3) is 0 Å². The molecule has 0 aliphatic carbocycles. The number of rotatable bonds is 6.